The van der Waals surface area contributed by atoms with Crippen LogP contribution in [0.5, 0.6) is 11.5 Å². The minimum Gasteiger partial charge on any atom is -0.508 e. The molecule has 0 aliphatic carbocycles. The molecule has 1 amide bonds. The Hall–Kier alpha value is -2.20. The third-order valence-electron chi connectivity index (χ3n) is 3.87. The molecule has 0 unspecified atom stereocenters. The van der Waals surface area contributed by atoms with Gasteiger partial charge >= 0.3 is 0 Å². The highest BCUT2D eigenvalue weighted by molar-refractivity contribution is 6.34. The molecule has 2 aromatic carbocycles. The third kappa shape index (κ3) is 2.62. The van der Waals surface area contributed by atoms with Crippen LogP contribution in [0.4, 0.5) is 5.69 Å². The maximum atomic E-state index is 12.3. The van der Waals surface area contributed by atoms with Crippen molar-refractivity contribution in [3.05, 3.63) is 52.5 Å². The Morgan fingerprint density at radius 3 is 2.59 bits per heavy atom. The maximum absolute atomic E-state index is 12.3. The molecule has 1 heterocycles. The molecule has 0 aromatic heterocycles. The monoisotopic (exact) mass is 317 g/mol. The Kier molecular flexibility index (Phi) is 3.94. The molecule has 0 radical (unpaired) electrons. The highest BCUT2D eigenvalue weighted by Gasteiger charge is 2.28. The molecule has 3 rings (SSSR count). The van der Waals surface area contributed by atoms with Crippen LogP contribution in [-0.4, -0.2) is 18.1 Å². The summed E-state index contributed by atoms with van der Waals surface area (Å²) >= 11 is 6.26. The summed E-state index contributed by atoms with van der Waals surface area (Å²) in [7, 11) is 1.61. The number of aromatic hydroxyl groups is 1. The van der Waals surface area contributed by atoms with E-state index in [1.807, 2.05) is 24.3 Å². The largest absolute Gasteiger partial charge is 0.508 e. The lowest BCUT2D eigenvalue weighted by Crippen LogP contribution is -2.34. The van der Waals surface area contributed by atoms with E-state index >= 15 is 0 Å². The second-order valence-electron chi connectivity index (χ2n) is 5.22. The van der Waals surface area contributed by atoms with Crippen LogP contribution < -0.4 is 9.64 Å². The number of hydrogen-bond donors (Lipinski definition) is 1. The predicted octanol–water partition coefficient (Wildman–Crippen LogP) is 3.53. The fourth-order valence-corrected chi connectivity index (χ4v) is 2.99. The molecule has 0 saturated heterocycles. The standard InChI is InChI=1S/C17H16ClNO3/c1-22-12-4-2-11(3-5-12)10-19-16(21)9-6-13-15(20)8-7-14(18)17(13)19/h2-5,7-8,20H,6,9-10H2,1H3. The van der Waals surface area contributed by atoms with E-state index in [1.54, 1.807) is 24.1 Å². The van der Waals surface area contributed by atoms with Crippen molar-refractivity contribution in [2.24, 2.45) is 0 Å². The van der Waals surface area contributed by atoms with Crippen molar-refractivity contribution in [3.8, 4) is 11.5 Å². The molecule has 0 spiro atoms. The molecule has 4 nitrogen and oxygen atoms in total. The van der Waals surface area contributed by atoms with Gasteiger partial charge in [-0.15, -0.1) is 0 Å². The van der Waals surface area contributed by atoms with E-state index in [4.69, 9.17) is 16.3 Å². The highest BCUT2D eigenvalue weighted by Crippen LogP contribution is 2.40. The molecular formula is C17H16ClNO3. The van der Waals surface area contributed by atoms with Gasteiger partial charge in [0.15, 0.2) is 0 Å². The second-order valence-corrected chi connectivity index (χ2v) is 5.63. The average Bonchev–Trinajstić information content (AvgIpc) is 2.54. The molecule has 0 bridgehead atoms. The van der Waals surface area contributed by atoms with Crippen LogP contribution in [0.2, 0.25) is 5.02 Å². The number of benzene rings is 2. The van der Waals surface area contributed by atoms with Crippen LogP contribution >= 0.6 is 11.6 Å². The molecule has 2 aromatic rings. The lowest BCUT2D eigenvalue weighted by atomic mass is 9.99. The molecule has 1 N–H and O–H groups in total. The Morgan fingerprint density at radius 2 is 1.91 bits per heavy atom. The zero-order valence-electron chi connectivity index (χ0n) is 12.2. The topological polar surface area (TPSA) is 49.8 Å². The van der Waals surface area contributed by atoms with Gasteiger partial charge in [0.2, 0.25) is 5.91 Å². The number of carbonyl (C=O) groups is 1. The van der Waals surface area contributed by atoms with Crippen LogP contribution in [0.15, 0.2) is 36.4 Å². The first-order chi connectivity index (χ1) is 10.6. The number of nitrogens with zero attached hydrogens (tertiary/aromatic N) is 1. The number of hydrogen-bond acceptors (Lipinski definition) is 3. The highest BCUT2D eigenvalue weighted by atomic mass is 35.5. The van der Waals surface area contributed by atoms with Gasteiger partial charge in [-0.1, -0.05) is 23.7 Å². The number of methoxy groups -OCH3 is 1. The van der Waals surface area contributed by atoms with Crippen LogP contribution in [0, 0.1) is 0 Å². The Balaban J connectivity index is 1.96. The molecule has 5 heteroatoms. The number of anilines is 1. The summed E-state index contributed by atoms with van der Waals surface area (Å²) in [6.45, 7) is 0.416. The summed E-state index contributed by atoms with van der Waals surface area (Å²) in [6, 6.07) is 10.7. The molecule has 0 fully saturated rings. The molecule has 22 heavy (non-hydrogen) atoms. The minimum absolute atomic E-state index is 0.0100. The fourth-order valence-electron chi connectivity index (χ4n) is 2.71. The van der Waals surface area contributed by atoms with Crippen molar-refractivity contribution in [2.75, 3.05) is 12.0 Å². The van der Waals surface area contributed by atoms with Crippen LogP contribution in [0.3, 0.4) is 0 Å². The molecule has 114 valence electrons. The van der Waals surface area contributed by atoms with Gasteiger partial charge in [0.1, 0.15) is 11.5 Å². The first kappa shape index (κ1) is 14.7. The predicted molar refractivity (Wildman–Crippen MR) is 85.6 cm³/mol. The summed E-state index contributed by atoms with van der Waals surface area (Å²) in [5.41, 5.74) is 2.33. The lowest BCUT2D eigenvalue weighted by molar-refractivity contribution is -0.119. The maximum Gasteiger partial charge on any atom is 0.227 e. The lowest BCUT2D eigenvalue weighted by Gasteiger charge is -2.30. The van der Waals surface area contributed by atoms with E-state index in [0.29, 0.717) is 30.1 Å². The fraction of sp³-hybridized carbons (Fsp3) is 0.235. The Labute approximate surface area is 133 Å². The van der Waals surface area contributed by atoms with Gasteiger partial charge in [-0.2, -0.15) is 0 Å². The summed E-state index contributed by atoms with van der Waals surface area (Å²) in [5.74, 6) is 0.965. The van der Waals surface area contributed by atoms with Gasteiger partial charge in [-0.05, 0) is 36.2 Å². The molecule has 1 aliphatic heterocycles. The number of fused-ring (bicyclic) bond motifs is 1. The van der Waals surface area contributed by atoms with E-state index in [2.05, 4.69) is 0 Å². The zero-order valence-corrected chi connectivity index (χ0v) is 12.9. The number of rotatable bonds is 3. The average molecular weight is 318 g/mol. The van der Waals surface area contributed by atoms with Gasteiger partial charge in [0.25, 0.3) is 0 Å². The first-order valence-corrected chi connectivity index (χ1v) is 7.41. The smallest absolute Gasteiger partial charge is 0.227 e. The van der Waals surface area contributed by atoms with Crippen LogP contribution in [-0.2, 0) is 17.8 Å². The van der Waals surface area contributed by atoms with Crippen molar-refractivity contribution in [3.63, 3.8) is 0 Å². The minimum atomic E-state index is 0.0100. The SMILES string of the molecule is COc1ccc(CN2C(=O)CCc3c(O)ccc(Cl)c32)cc1. The van der Waals surface area contributed by atoms with E-state index in [0.717, 1.165) is 16.9 Å². The third-order valence-corrected chi connectivity index (χ3v) is 4.17. The molecule has 0 atom stereocenters. The number of carbonyl (C=O) groups excluding carboxylic acids is 1. The normalized spacial score (nSPS) is 13.9. The van der Waals surface area contributed by atoms with Crippen LogP contribution in [0.25, 0.3) is 0 Å². The number of amides is 1. The Morgan fingerprint density at radius 1 is 1.18 bits per heavy atom. The van der Waals surface area contributed by atoms with Gasteiger partial charge in [-0.3, -0.25) is 4.79 Å². The second kappa shape index (κ2) is 5.89. The molecule has 1 aliphatic rings. The molecular weight excluding hydrogens is 302 g/mol. The quantitative estimate of drug-likeness (QED) is 0.942. The van der Waals surface area contributed by atoms with E-state index in [-0.39, 0.29) is 11.7 Å². The number of phenolic OH excluding ortho intramolecular Hbond substituents is 1. The number of ether oxygens (including phenoxy) is 1. The first-order valence-electron chi connectivity index (χ1n) is 7.04. The summed E-state index contributed by atoms with van der Waals surface area (Å²) in [6.07, 6.45) is 0.886. The summed E-state index contributed by atoms with van der Waals surface area (Å²) < 4.78 is 5.14. The van der Waals surface area contributed by atoms with E-state index in [9.17, 15) is 9.90 Å². The summed E-state index contributed by atoms with van der Waals surface area (Å²) in [4.78, 5) is 14.0. The van der Waals surface area contributed by atoms with Crippen molar-refractivity contribution in [2.45, 2.75) is 19.4 Å². The summed E-state index contributed by atoms with van der Waals surface area (Å²) in [5, 5.41) is 10.5. The molecule has 0 saturated carbocycles. The van der Waals surface area contributed by atoms with Crippen molar-refractivity contribution >= 4 is 23.2 Å². The van der Waals surface area contributed by atoms with Gasteiger partial charge in [0, 0.05) is 12.0 Å². The van der Waals surface area contributed by atoms with Crippen molar-refractivity contribution < 1.29 is 14.6 Å². The van der Waals surface area contributed by atoms with Gasteiger partial charge < -0.3 is 14.7 Å². The van der Waals surface area contributed by atoms with E-state index < -0.39 is 0 Å². The van der Waals surface area contributed by atoms with Crippen molar-refractivity contribution in [1.29, 1.82) is 0 Å². The van der Waals surface area contributed by atoms with Crippen molar-refractivity contribution in [1.82, 2.24) is 0 Å². The van der Waals surface area contributed by atoms with E-state index in [1.165, 1.54) is 0 Å². The number of halogens is 1. The van der Waals surface area contributed by atoms with Gasteiger partial charge in [-0.25, -0.2) is 0 Å². The van der Waals surface area contributed by atoms with Gasteiger partial charge in [0.05, 0.1) is 24.4 Å². The zero-order chi connectivity index (χ0) is 15.7. The Bertz CT molecular complexity index is 713. The van der Waals surface area contributed by atoms with Crippen LogP contribution in [0.1, 0.15) is 17.5 Å². The number of phenols is 1.